The van der Waals surface area contributed by atoms with Gasteiger partial charge < -0.3 is 4.74 Å². The summed E-state index contributed by atoms with van der Waals surface area (Å²) in [7, 11) is 3.41. The van der Waals surface area contributed by atoms with Crippen LogP contribution in [0, 0.1) is 0 Å². The van der Waals surface area contributed by atoms with Crippen LogP contribution in [0.5, 0.6) is 0 Å². The maximum absolute atomic E-state index is 11.2. The topological polar surface area (TPSA) is 29.5 Å². The summed E-state index contributed by atoms with van der Waals surface area (Å²) >= 11 is 3.41. The second-order valence-electron chi connectivity index (χ2n) is 4.20. The number of benzene rings is 1. The predicted molar refractivity (Wildman–Crippen MR) is 76.2 cm³/mol. The molecule has 1 rings (SSSR count). The summed E-state index contributed by atoms with van der Waals surface area (Å²) in [6, 6.07) is 8.21. The summed E-state index contributed by atoms with van der Waals surface area (Å²) in [5.74, 6) is -0.271. The minimum atomic E-state index is -0.271. The van der Waals surface area contributed by atoms with Crippen molar-refractivity contribution in [3.05, 3.63) is 46.0 Å². The molecule has 98 valence electrons. The predicted octanol–water partition coefficient (Wildman–Crippen LogP) is 3.00. The number of hydrogen-bond acceptors (Lipinski definition) is 3. The number of hydrogen-bond donors (Lipinski definition) is 0. The Hall–Kier alpha value is -1.13. The number of carbonyl (C=O) groups is 1. The van der Waals surface area contributed by atoms with E-state index < -0.39 is 0 Å². The lowest BCUT2D eigenvalue weighted by molar-refractivity contribution is -0.136. The molecule has 0 fully saturated rings. The Bertz CT molecular complexity index is 426. The molecular weight excluding hydrogens is 294 g/mol. The first-order chi connectivity index (χ1) is 8.52. The van der Waals surface area contributed by atoms with Gasteiger partial charge in [0.15, 0.2) is 0 Å². The minimum absolute atomic E-state index is 0.271. The quantitative estimate of drug-likeness (QED) is 0.618. The van der Waals surface area contributed by atoms with Gasteiger partial charge in [0.1, 0.15) is 0 Å². The van der Waals surface area contributed by atoms with Gasteiger partial charge in [0.05, 0.1) is 7.11 Å². The van der Waals surface area contributed by atoms with Gasteiger partial charge in [0.25, 0.3) is 0 Å². The van der Waals surface area contributed by atoms with Crippen LogP contribution in [0.1, 0.15) is 12.5 Å². The van der Waals surface area contributed by atoms with Crippen molar-refractivity contribution in [1.29, 1.82) is 0 Å². The highest BCUT2D eigenvalue weighted by Gasteiger charge is 2.04. The number of carbonyl (C=O) groups excluding carboxylic acids is 1. The van der Waals surface area contributed by atoms with Gasteiger partial charge in [-0.25, -0.2) is 4.79 Å². The van der Waals surface area contributed by atoms with Crippen molar-refractivity contribution in [2.75, 3.05) is 20.7 Å². The summed E-state index contributed by atoms with van der Waals surface area (Å²) in [5, 5.41) is 0. The molecule has 1 aromatic rings. The van der Waals surface area contributed by atoms with Crippen molar-refractivity contribution in [2.24, 2.45) is 0 Å². The second kappa shape index (κ2) is 7.34. The molecule has 1 aromatic carbocycles. The number of rotatable bonds is 5. The molecule has 3 nitrogen and oxygen atoms in total. The highest BCUT2D eigenvalue weighted by molar-refractivity contribution is 9.10. The Kier molecular flexibility index (Phi) is 6.09. The molecule has 18 heavy (non-hydrogen) atoms. The van der Waals surface area contributed by atoms with Crippen LogP contribution in [-0.4, -0.2) is 31.6 Å². The van der Waals surface area contributed by atoms with Gasteiger partial charge in [0.2, 0.25) is 0 Å². The lowest BCUT2D eigenvalue weighted by atomic mass is 10.2. The molecule has 0 atom stereocenters. The summed E-state index contributed by atoms with van der Waals surface area (Å²) in [6.07, 6.45) is 1.88. The molecule has 0 unspecified atom stereocenters. The summed E-state index contributed by atoms with van der Waals surface area (Å²) in [6.45, 7) is 3.33. The number of likely N-dealkylation sites (N-methyl/N-ethyl adjacent to an activating group) is 1. The average molecular weight is 312 g/mol. The van der Waals surface area contributed by atoms with E-state index in [4.69, 9.17) is 0 Å². The highest BCUT2D eigenvalue weighted by atomic mass is 79.9. The molecule has 0 N–H and O–H groups in total. The Morgan fingerprint density at radius 2 is 2.00 bits per heavy atom. The van der Waals surface area contributed by atoms with E-state index in [1.165, 1.54) is 12.7 Å². The fourth-order valence-corrected chi connectivity index (χ4v) is 1.77. The van der Waals surface area contributed by atoms with Crippen LogP contribution in [0.3, 0.4) is 0 Å². The largest absolute Gasteiger partial charge is 0.466 e. The molecule has 0 saturated carbocycles. The van der Waals surface area contributed by atoms with Gasteiger partial charge in [-0.15, -0.1) is 0 Å². The Balaban J connectivity index is 2.49. The van der Waals surface area contributed by atoms with E-state index >= 15 is 0 Å². The standard InChI is InChI=1S/C14H18BrNO2/c1-11(14(17)18-3)8-9-16(2)10-12-4-6-13(15)7-5-12/h4-8H,9-10H2,1-3H3. The molecule has 0 aliphatic heterocycles. The Morgan fingerprint density at radius 1 is 1.39 bits per heavy atom. The molecule has 0 saturated heterocycles. The molecular formula is C14H18BrNO2. The third-order valence-electron chi connectivity index (χ3n) is 2.58. The molecule has 0 bridgehead atoms. The highest BCUT2D eigenvalue weighted by Crippen LogP contribution is 2.11. The molecule has 0 aliphatic carbocycles. The van der Waals surface area contributed by atoms with E-state index in [1.807, 2.05) is 25.3 Å². The molecule has 0 heterocycles. The maximum atomic E-state index is 11.2. The molecule has 0 amide bonds. The third kappa shape index (κ3) is 5.02. The number of halogens is 1. The zero-order valence-corrected chi connectivity index (χ0v) is 12.5. The molecule has 0 radical (unpaired) electrons. The van der Waals surface area contributed by atoms with Crippen molar-refractivity contribution in [1.82, 2.24) is 4.90 Å². The van der Waals surface area contributed by atoms with E-state index in [9.17, 15) is 4.79 Å². The molecule has 0 spiro atoms. The third-order valence-corrected chi connectivity index (χ3v) is 3.11. The van der Waals surface area contributed by atoms with Crippen molar-refractivity contribution in [3.63, 3.8) is 0 Å². The van der Waals surface area contributed by atoms with Gasteiger partial charge in [-0.05, 0) is 31.7 Å². The van der Waals surface area contributed by atoms with Crippen LogP contribution in [0.4, 0.5) is 0 Å². The zero-order chi connectivity index (χ0) is 13.5. The fraction of sp³-hybridized carbons (Fsp3) is 0.357. The van der Waals surface area contributed by atoms with Crippen LogP contribution in [0.25, 0.3) is 0 Å². The number of ether oxygens (including phenoxy) is 1. The van der Waals surface area contributed by atoms with E-state index in [1.54, 1.807) is 6.92 Å². The Labute approximate surface area is 117 Å². The van der Waals surface area contributed by atoms with Crippen LogP contribution < -0.4 is 0 Å². The first-order valence-electron chi connectivity index (χ1n) is 5.71. The van der Waals surface area contributed by atoms with Crippen molar-refractivity contribution >= 4 is 21.9 Å². The minimum Gasteiger partial charge on any atom is -0.466 e. The maximum Gasteiger partial charge on any atom is 0.333 e. The van der Waals surface area contributed by atoms with Gasteiger partial charge in [0, 0.05) is 23.1 Å². The number of esters is 1. The van der Waals surface area contributed by atoms with E-state index in [0.717, 1.165) is 17.6 Å². The first-order valence-corrected chi connectivity index (χ1v) is 6.50. The smallest absolute Gasteiger partial charge is 0.333 e. The van der Waals surface area contributed by atoms with Gasteiger partial charge in [-0.2, -0.15) is 0 Å². The SMILES string of the molecule is COC(=O)C(C)=CCN(C)Cc1ccc(Br)cc1. The van der Waals surface area contributed by atoms with Gasteiger partial charge >= 0.3 is 5.97 Å². The lowest BCUT2D eigenvalue weighted by Gasteiger charge is -2.14. The monoisotopic (exact) mass is 311 g/mol. The van der Waals surface area contributed by atoms with Crippen molar-refractivity contribution in [3.8, 4) is 0 Å². The van der Waals surface area contributed by atoms with Crippen LogP contribution >= 0.6 is 15.9 Å². The zero-order valence-electron chi connectivity index (χ0n) is 10.9. The fourth-order valence-electron chi connectivity index (χ4n) is 1.50. The summed E-state index contributed by atoms with van der Waals surface area (Å²) < 4.78 is 5.72. The average Bonchev–Trinajstić information content (AvgIpc) is 2.37. The van der Waals surface area contributed by atoms with E-state index in [2.05, 4.69) is 37.7 Å². The Morgan fingerprint density at radius 3 is 2.56 bits per heavy atom. The first kappa shape index (κ1) is 14.9. The van der Waals surface area contributed by atoms with E-state index in [-0.39, 0.29) is 5.97 Å². The molecule has 4 heteroatoms. The van der Waals surface area contributed by atoms with Crippen LogP contribution in [0.2, 0.25) is 0 Å². The van der Waals surface area contributed by atoms with Gasteiger partial charge in [-0.3, -0.25) is 4.90 Å². The number of nitrogens with zero attached hydrogens (tertiary/aromatic N) is 1. The summed E-state index contributed by atoms with van der Waals surface area (Å²) in [5.41, 5.74) is 1.88. The van der Waals surface area contributed by atoms with Crippen LogP contribution in [0.15, 0.2) is 40.4 Å². The lowest BCUT2D eigenvalue weighted by Crippen LogP contribution is -2.18. The van der Waals surface area contributed by atoms with E-state index in [0.29, 0.717) is 5.57 Å². The second-order valence-corrected chi connectivity index (χ2v) is 5.12. The van der Waals surface area contributed by atoms with Crippen molar-refractivity contribution < 1.29 is 9.53 Å². The van der Waals surface area contributed by atoms with Crippen LogP contribution in [-0.2, 0) is 16.1 Å². The summed E-state index contributed by atoms with van der Waals surface area (Å²) in [4.78, 5) is 13.3. The molecule has 0 aromatic heterocycles. The van der Waals surface area contributed by atoms with Gasteiger partial charge in [-0.1, -0.05) is 34.1 Å². The van der Waals surface area contributed by atoms with Crippen molar-refractivity contribution in [2.45, 2.75) is 13.5 Å². The normalized spacial score (nSPS) is 11.7. The number of methoxy groups -OCH3 is 1. The molecule has 0 aliphatic rings.